The summed E-state index contributed by atoms with van der Waals surface area (Å²) in [6, 6.07) is 8.60. The Bertz CT molecular complexity index is 379. The molecule has 3 nitrogen and oxygen atoms in total. The molecule has 2 unspecified atom stereocenters. The molecule has 0 aliphatic rings. The standard InChI is InChI=1S/C17H29NO2/c1-6-8-14(4)20-17(12-18-13(2)3)15-9-7-10-16(11-15)19-5/h7,9-11,13-14,17-18H,6,8,12H2,1-5H3. The maximum absolute atomic E-state index is 6.21. The Labute approximate surface area is 123 Å². The lowest BCUT2D eigenvalue weighted by molar-refractivity contribution is -0.00815. The van der Waals surface area contributed by atoms with Crippen LogP contribution in [0.1, 0.15) is 52.2 Å². The zero-order valence-electron chi connectivity index (χ0n) is 13.5. The molecular weight excluding hydrogens is 250 g/mol. The molecule has 20 heavy (non-hydrogen) atoms. The normalized spacial score (nSPS) is 14.3. The highest BCUT2D eigenvalue weighted by Gasteiger charge is 2.16. The second-order valence-corrected chi connectivity index (χ2v) is 5.56. The largest absolute Gasteiger partial charge is 0.497 e. The molecule has 0 radical (unpaired) electrons. The van der Waals surface area contributed by atoms with Crippen molar-refractivity contribution in [2.24, 2.45) is 0 Å². The van der Waals surface area contributed by atoms with Crippen molar-refractivity contribution in [3.8, 4) is 5.75 Å². The van der Waals surface area contributed by atoms with Gasteiger partial charge in [-0.1, -0.05) is 39.3 Å². The third-order valence-corrected chi connectivity index (χ3v) is 3.27. The first-order valence-corrected chi connectivity index (χ1v) is 7.59. The van der Waals surface area contributed by atoms with Crippen LogP contribution in [-0.4, -0.2) is 25.8 Å². The van der Waals surface area contributed by atoms with Gasteiger partial charge in [0, 0.05) is 12.6 Å². The first-order chi connectivity index (χ1) is 9.56. The van der Waals surface area contributed by atoms with E-state index in [0.717, 1.165) is 25.1 Å². The lowest BCUT2D eigenvalue weighted by atomic mass is 10.1. The third-order valence-electron chi connectivity index (χ3n) is 3.27. The smallest absolute Gasteiger partial charge is 0.119 e. The summed E-state index contributed by atoms with van der Waals surface area (Å²) in [7, 11) is 1.70. The fourth-order valence-corrected chi connectivity index (χ4v) is 2.18. The summed E-state index contributed by atoms with van der Waals surface area (Å²) in [5.74, 6) is 0.879. The molecule has 0 aromatic heterocycles. The van der Waals surface area contributed by atoms with Gasteiger partial charge in [0.1, 0.15) is 5.75 Å². The van der Waals surface area contributed by atoms with Crippen molar-refractivity contribution in [1.29, 1.82) is 0 Å². The zero-order chi connectivity index (χ0) is 15.0. The highest BCUT2D eigenvalue weighted by atomic mass is 16.5. The van der Waals surface area contributed by atoms with Crippen LogP contribution in [0.5, 0.6) is 5.75 Å². The average molecular weight is 279 g/mol. The van der Waals surface area contributed by atoms with E-state index in [1.165, 1.54) is 5.56 Å². The zero-order valence-corrected chi connectivity index (χ0v) is 13.5. The summed E-state index contributed by atoms with van der Waals surface area (Å²) in [6.07, 6.45) is 2.56. The van der Waals surface area contributed by atoms with Crippen LogP contribution in [0.3, 0.4) is 0 Å². The van der Waals surface area contributed by atoms with Gasteiger partial charge in [-0.3, -0.25) is 0 Å². The Hall–Kier alpha value is -1.06. The predicted octanol–water partition coefficient (Wildman–Crippen LogP) is 3.94. The van der Waals surface area contributed by atoms with Crippen LogP contribution in [0.25, 0.3) is 0 Å². The average Bonchev–Trinajstić information content (AvgIpc) is 2.43. The molecule has 1 aromatic carbocycles. The summed E-state index contributed by atoms with van der Waals surface area (Å²) in [4.78, 5) is 0. The fraction of sp³-hybridized carbons (Fsp3) is 0.647. The number of hydrogen-bond donors (Lipinski definition) is 1. The molecule has 0 spiro atoms. The molecular formula is C17H29NO2. The second kappa shape index (κ2) is 8.98. The number of ether oxygens (including phenoxy) is 2. The first kappa shape index (κ1) is 17.0. The van der Waals surface area contributed by atoms with Crippen molar-refractivity contribution in [2.45, 2.75) is 58.8 Å². The van der Waals surface area contributed by atoms with Gasteiger partial charge in [0.2, 0.25) is 0 Å². The van der Waals surface area contributed by atoms with Crippen molar-refractivity contribution in [1.82, 2.24) is 5.32 Å². The van der Waals surface area contributed by atoms with Gasteiger partial charge >= 0.3 is 0 Å². The number of methoxy groups -OCH3 is 1. The number of benzene rings is 1. The Kier molecular flexibility index (Phi) is 7.63. The van der Waals surface area contributed by atoms with Crippen molar-refractivity contribution in [3.05, 3.63) is 29.8 Å². The van der Waals surface area contributed by atoms with Crippen LogP contribution in [0.15, 0.2) is 24.3 Å². The van der Waals surface area contributed by atoms with Crippen LogP contribution in [-0.2, 0) is 4.74 Å². The van der Waals surface area contributed by atoms with E-state index in [-0.39, 0.29) is 12.2 Å². The molecule has 3 heteroatoms. The van der Waals surface area contributed by atoms with Crippen LogP contribution in [0.2, 0.25) is 0 Å². The Morgan fingerprint density at radius 2 is 1.95 bits per heavy atom. The van der Waals surface area contributed by atoms with E-state index >= 15 is 0 Å². The van der Waals surface area contributed by atoms with Gasteiger partial charge in [-0.25, -0.2) is 0 Å². The SMILES string of the molecule is CCCC(C)OC(CNC(C)C)c1cccc(OC)c1. The highest BCUT2D eigenvalue weighted by Crippen LogP contribution is 2.24. The van der Waals surface area contributed by atoms with Crippen LogP contribution < -0.4 is 10.1 Å². The van der Waals surface area contributed by atoms with Gasteiger partial charge in [-0.15, -0.1) is 0 Å². The van der Waals surface area contributed by atoms with E-state index in [4.69, 9.17) is 9.47 Å². The van der Waals surface area contributed by atoms with Gasteiger partial charge in [0.25, 0.3) is 0 Å². The third kappa shape index (κ3) is 5.93. The molecule has 1 rings (SSSR count). The Morgan fingerprint density at radius 1 is 1.20 bits per heavy atom. The Balaban J connectivity index is 2.78. The predicted molar refractivity (Wildman–Crippen MR) is 84.3 cm³/mol. The van der Waals surface area contributed by atoms with Gasteiger partial charge in [-0.05, 0) is 31.0 Å². The summed E-state index contributed by atoms with van der Waals surface area (Å²) in [5.41, 5.74) is 1.17. The number of nitrogens with one attached hydrogen (secondary N) is 1. The topological polar surface area (TPSA) is 30.5 Å². The number of rotatable bonds is 9. The molecule has 114 valence electrons. The molecule has 1 aromatic rings. The number of hydrogen-bond acceptors (Lipinski definition) is 3. The summed E-state index contributed by atoms with van der Waals surface area (Å²) in [6.45, 7) is 9.45. The molecule has 0 saturated heterocycles. The molecule has 0 bridgehead atoms. The van der Waals surface area contributed by atoms with Gasteiger partial charge in [-0.2, -0.15) is 0 Å². The maximum Gasteiger partial charge on any atom is 0.119 e. The summed E-state index contributed by atoms with van der Waals surface area (Å²) in [5, 5.41) is 3.46. The second-order valence-electron chi connectivity index (χ2n) is 5.56. The highest BCUT2D eigenvalue weighted by molar-refractivity contribution is 5.30. The van der Waals surface area contributed by atoms with Crippen LogP contribution in [0, 0.1) is 0 Å². The van der Waals surface area contributed by atoms with Gasteiger partial charge < -0.3 is 14.8 Å². The van der Waals surface area contributed by atoms with E-state index in [0.29, 0.717) is 6.04 Å². The molecule has 0 heterocycles. The quantitative estimate of drug-likeness (QED) is 0.742. The van der Waals surface area contributed by atoms with Crippen molar-refractivity contribution >= 4 is 0 Å². The van der Waals surface area contributed by atoms with Crippen LogP contribution in [0.4, 0.5) is 0 Å². The molecule has 1 N–H and O–H groups in total. The van der Waals surface area contributed by atoms with Gasteiger partial charge in [0.15, 0.2) is 0 Å². The van der Waals surface area contributed by atoms with Crippen molar-refractivity contribution < 1.29 is 9.47 Å². The van der Waals surface area contributed by atoms with E-state index in [1.54, 1.807) is 7.11 Å². The Morgan fingerprint density at radius 3 is 2.55 bits per heavy atom. The molecule has 0 aliphatic heterocycles. The lowest BCUT2D eigenvalue weighted by Crippen LogP contribution is -2.30. The summed E-state index contributed by atoms with van der Waals surface area (Å²) >= 11 is 0. The van der Waals surface area contributed by atoms with Crippen molar-refractivity contribution in [3.63, 3.8) is 0 Å². The lowest BCUT2D eigenvalue weighted by Gasteiger charge is -2.24. The summed E-state index contributed by atoms with van der Waals surface area (Å²) < 4.78 is 11.5. The molecule has 0 saturated carbocycles. The molecule has 0 fully saturated rings. The minimum Gasteiger partial charge on any atom is -0.497 e. The van der Waals surface area contributed by atoms with Crippen molar-refractivity contribution in [2.75, 3.05) is 13.7 Å². The van der Waals surface area contributed by atoms with E-state index in [9.17, 15) is 0 Å². The van der Waals surface area contributed by atoms with E-state index < -0.39 is 0 Å². The minimum absolute atomic E-state index is 0.0639. The van der Waals surface area contributed by atoms with Gasteiger partial charge in [0.05, 0.1) is 19.3 Å². The molecule has 2 atom stereocenters. The molecule has 0 amide bonds. The monoisotopic (exact) mass is 279 g/mol. The van der Waals surface area contributed by atoms with E-state index in [1.807, 2.05) is 12.1 Å². The minimum atomic E-state index is 0.0639. The first-order valence-electron chi connectivity index (χ1n) is 7.59. The van der Waals surface area contributed by atoms with E-state index in [2.05, 4.69) is 45.1 Å². The van der Waals surface area contributed by atoms with Crippen LogP contribution >= 0.6 is 0 Å². The molecule has 0 aliphatic carbocycles. The maximum atomic E-state index is 6.21. The fourth-order valence-electron chi connectivity index (χ4n) is 2.18.